The third kappa shape index (κ3) is 3.23. The van der Waals surface area contributed by atoms with Crippen LogP contribution in [0.2, 0.25) is 0 Å². The molecule has 1 amide bonds. The van der Waals surface area contributed by atoms with Gasteiger partial charge in [-0.25, -0.2) is 0 Å². The highest BCUT2D eigenvalue weighted by atomic mass is 16.1. The SMILES string of the molecule is C/C(C(=O)Nc1ccccc1)=C(\C)C(C)C. The standard InChI is InChI=1S/C14H19NO/c1-10(2)11(3)12(4)14(16)15-13-8-6-5-7-9-13/h5-10H,1-4H3,(H,15,16)/b12-11-. The predicted octanol–water partition coefficient (Wildman–Crippen LogP) is 3.62. The lowest BCUT2D eigenvalue weighted by atomic mass is 9.99. The van der Waals surface area contributed by atoms with Crippen molar-refractivity contribution in [2.75, 3.05) is 5.32 Å². The van der Waals surface area contributed by atoms with Crippen molar-refractivity contribution < 1.29 is 4.79 Å². The molecule has 0 aliphatic rings. The molecule has 0 aliphatic carbocycles. The first kappa shape index (κ1) is 12.5. The van der Waals surface area contributed by atoms with E-state index in [9.17, 15) is 4.79 Å². The highest BCUT2D eigenvalue weighted by Crippen LogP contribution is 2.15. The van der Waals surface area contributed by atoms with Gasteiger partial charge in [0.1, 0.15) is 0 Å². The van der Waals surface area contributed by atoms with Gasteiger partial charge in [-0.15, -0.1) is 0 Å². The second kappa shape index (κ2) is 5.50. The van der Waals surface area contributed by atoms with E-state index in [1.807, 2.05) is 44.2 Å². The summed E-state index contributed by atoms with van der Waals surface area (Å²) in [5.41, 5.74) is 2.77. The second-order valence-electron chi connectivity index (χ2n) is 4.28. The van der Waals surface area contributed by atoms with Crippen LogP contribution in [0.15, 0.2) is 41.5 Å². The minimum Gasteiger partial charge on any atom is -0.322 e. The van der Waals surface area contributed by atoms with Crippen molar-refractivity contribution >= 4 is 11.6 Å². The predicted molar refractivity (Wildman–Crippen MR) is 68.3 cm³/mol. The molecule has 0 aromatic heterocycles. The van der Waals surface area contributed by atoms with Crippen molar-refractivity contribution in [1.82, 2.24) is 0 Å². The van der Waals surface area contributed by atoms with E-state index in [4.69, 9.17) is 0 Å². The molecule has 0 fully saturated rings. The lowest BCUT2D eigenvalue weighted by Crippen LogP contribution is -2.15. The van der Waals surface area contributed by atoms with Crippen LogP contribution in [0.5, 0.6) is 0 Å². The van der Waals surface area contributed by atoms with E-state index >= 15 is 0 Å². The minimum absolute atomic E-state index is 0.0163. The Morgan fingerprint density at radius 2 is 1.69 bits per heavy atom. The molecule has 2 heteroatoms. The summed E-state index contributed by atoms with van der Waals surface area (Å²) in [5, 5.41) is 2.88. The summed E-state index contributed by atoms with van der Waals surface area (Å²) >= 11 is 0. The topological polar surface area (TPSA) is 29.1 Å². The van der Waals surface area contributed by atoms with Gasteiger partial charge in [0, 0.05) is 11.3 Å². The molecule has 0 aliphatic heterocycles. The summed E-state index contributed by atoms with van der Waals surface area (Å²) < 4.78 is 0. The first-order valence-corrected chi connectivity index (χ1v) is 5.56. The molecule has 1 aromatic carbocycles. The monoisotopic (exact) mass is 217 g/mol. The van der Waals surface area contributed by atoms with Gasteiger partial charge in [-0.1, -0.05) is 37.6 Å². The maximum absolute atomic E-state index is 11.9. The number of benzene rings is 1. The molecule has 0 saturated carbocycles. The van der Waals surface area contributed by atoms with Crippen LogP contribution in [0.25, 0.3) is 0 Å². The number of rotatable bonds is 3. The van der Waals surface area contributed by atoms with Crippen LogP contribution in [-0.4, -0.2) is 5.91 Å². The number of allylic oxidation sites excluding steroid dienone is 1. The Balaban J connectivity index is 2.78. The van der Waals surface area contributed by atoms with E-state index in [1.54, 1.807) is 0 Å². The zero-order valence-electron chi connectivity index (χ0n) is 10.4. The number of carbonyl (C=O) groups is 1. The van der Waals surface area contributed by atoms with Crippen LogP contribution in [0.3, 0.4) is 0 Å². The molecule has 0 spiro atoms. The fourth-order valence-corrected chi connectivity index (χ4v) is 1.36. The normalized spacial score (nSPS) is 12.3. The molecule has 0 saturated heterocycles. The summed E-state index contributed by atoms with van der Waals surface area (Å²) in [6, 6.07) is 9.51. The number of nitrogens with one attached hydrogen (secondary N) is 1. The lowest BCUT2D eigenvalue weighted by molar-refractivity contribution is -0.112. The van der Waals surface area contributed by atoms with Crippen molar-refractivity contribution in [3.8, 4) is 0 Å². The van der Waals surface area contributed by atoms with E-state index in [0.717, 1.165) is 16.8 Å². The van der Waals surface area contributed by atoms with Gasteiger partial charge in [0.05, 0.1) is 0 Å². The van der Waals surface area contributed by atoms with Crippen LogP contribution >= 0.6 is 0 Å². The maximum Gasteiger partial charge on any atom is 0.251 e. The Kier molecular flexibility index (Phi) is 4.29. The zero-order chi connectivity index (χ0) is 12.1. The van der Waals surface area contributed by atoms with Crippen molar-refractivity contribution in [2.24, 2.45) is 5.92 Å². The summed E-state index contributed by atoms with van der Waals surface area (Å²) in [6.07, 6.45) is 0. The van der Waals surface area contributed by atoms with Gasteiger partial charge in [-0.2, -0.15) is 0 Å². The average molecular weight is 217 g/mol. The molecule has 0 atom stereocenters. The molecule has 0 bridgehead atoms. The van der Waals surface area contributed by atoms with E-state index in [-0.39, 0.29) is 5.91 Å². The minimum atomic E-state index is -0.0163. The fraction of sp³-hybridized carbons (Fsp3) is 0.357. The highest BCUT2D eigenvalue weighted by molar-refractivity contribution is 6.03. The van der Waals surface area contributed by atoms with E-state index in [2.05, 4.69) is 19.2 Å². The molecular weight excluding hydrogens is 198 g/mol. The smallest absolute Gasteiger partial charge is 0.251 e. The third-order valence-corrected chi connectivity index (χ3v) is 2.83. The van der Waals surface area contributed by atoms with E-state index in [0.29, 0.717) is 5.92 Å². The highest BCUT2D eigenvalue weighted by Gasteiger charge is 2.09. The van der Waals surface area contributed by atoms with Gasteiger partial charge in [0.15, 0.2) is 0 Å². The summed E-state index contributed by atoms with van der Waals surface area (Å²) in [4.78, 5) is 11.9. The lowest BCUT2D eigenvalue weighted by Gasteiger charge is -2.11. The van der Waals surface area contributed by atoms with Crippen LogP contribution in [0.1, 0.15) is 27.7 Å². The molecule has 1 N–H and O–H groups in total. The largest absolute Gasteiger partial charge is 0.322 e. The Bertz CT molecular complexity index is 390. The zero-order valence-corrected chi connectivity index (χ0v) is 10.4. The molecule has 0 heterocycles. The molecule has 0 unspecified atom stereocenters. The summed E-state index contributed by atoms with van der Waals surface area (Å²) in [7, 11) is 0. The first-order valence-electron chi connectivity index (χ1n) is 5.56. The number of para-hydroxylation sites is 1. The fourth-order valence-electron chi connectivity index (χ4n) is 1.36. The number of hydrogen-bond donors (Lipinski definition) is 1. The molecule has 2 nitrogen and oxygen atoms in total. The van der Waals surface area contributed by atoms with Crippen LogP contribution in [0.4, 0.5) is 5.69 Å². The van der Waals surface area contributed by atoms with Gasteiger partial charge in [0.25, 0.3) is 5.91 Å². The van der Waals surface area contributed by atoms with Gasteiger partial charge in [-0.05, 0) is 31.9 Å². The molecule has 1 aromatic rings. The Labute approximate surface area is 97.4 Å². The van der Waals surface area contributed by atoms with Gasteiger partial charge in [-0.3, -0.25) is 4.79 Å². The van der Waals surface area contributed by atoms with Crippen molar-refractivity contribution in [1.29, 1.82) is 0 Å². The molecule has 0 radical (unpaired) electrons. The van der Waals surface area contributed by atoms with Crippen molar-refractivity contribution in [3.05, 3.63) is 41.5 Å². The van der Waals surface area contributed by atoms with Gasteiger partial charge >= 0.3 is 0 Å². The number of amides is 1. The second-order valence-corrected chi connectivity index (χ2v) is 4.28. The van der Waals surface area contributed by atoms with E-state index in [1.165, 1.54) is 0 Å². The molecule has 16 heavy (non-hydrogen) atoms. The summed E-state index contributed by atoms with van der Waals surface area (Å²) in [6.45, 7) is 8.06. The maximum atomic E-state index is 11.9. The average Bonchev–Trinajstić information content (AvgIpc) is 2.28. The molecule has 1 rings (SSSR count). The Morgan fingerprint density at radius 3 is 2.19 bits per heavy atom. The molecule has 86 valence electrons. The van der Waals surface area contributed by atoms with Crippen molar-refractivity contribution in [3.63, 3.8) is 0 Å². The number of carbonyl (C=O) groups excluding carboxylic acids is 1. The number of anilines is 1. The van der Waals surface area contributed by atoms with Crippen LogP contribution in [0, 0.1) is 5.92 Å². The van der Waals surface area contributed by atoms with Crippen molar-refractivity contribution in [2.45, 2.75) is 27.7 Å². The third-order valence-electron chi connectivity index (χ3n) is 2.83. The van der Waals surface area contributed by atoms with Crippen LogP contribution in [-0.2, 0) is 4.79 Å². The number of hydrogen-bond acceptors (Lipinski definition) is 1. The van der Waals surface area contributed by atoms with E-state index < -0.39 is 0 Å². The Hall–Kier alpha value is -1.57. The van der Waals surface area contributed by atoms with Crippen LogP contribution < -0.4 is 5.32 Å². The summed E-state index contributed by atoms with van der Waals surface area (Å²) in [5.74, 6) is 0.388. The Morgan fingerprint density at radius 1 is 1.12 bits per heavy atom. The first-order chi connectivity index (χ1) is 7.52. The van der Waals surface area contributed by atoms with Gasteiger partial charge < -0.3 is 5.32 Å². The van der Waals surface area contributed by atoms with Gasteiger partial charge in [0.2, 0.25) is 0 Å². The molecular formula is C14H19NO. The quantitative estimate of drug-likeness (QED) is 0.770.